The summed E-state index contributed by atoms with van der Waals surface area (Å²) in [6.45, 7) is 3.03. The van der Waals surface area contributed by atoms with Crippen LogP contribution in [0.25, 0.3) is 0 Å². The van der Waals surface area contributed by atoms with Crippen LogP contribution in [0.15, 0.2) is 23.1 Å². The summed E-state index contributed by atoms with van der Waals surface area (Å²) in [6, 6.07) is 5.06. The Kier molecular flexibility index (Phi) is 5.92. The van der Waals surface area contributed by atoms with E-state index >= 15 is 0 Å². The van der Waals surface area contributed by atoms with Crippen LogP contribution in [-0.2, 0) is 16.6 Å². The summed E-state index contributed by atoms with van der Waals surface area (Å²) in [4.78, 5) is 0.299. The molecule has 5 nitrogen and oxygen atoms in total. The minimum Gasteiger partial charge on any atom is -0.494 e. The lowest BCUT2D eigenvalue weighted by Gasteiger charge is -2.15. The first kappa shape index (κ1) is 16.6. The number of nitrogens with one attached hydrogen (secondary N) is 2. The molecule has 0 aromatic heterocycles. The molecule has 118 valence electrons. The Hall–Kier alpha value is -0.760. The van der Waals surface area contributed by atoms with Gasteiger partial charge in [0.15, 0.2) is 0 Å². The van der Waals surface area contributed by atoms with Crippen LogP contribution in [0.5, 0.6) is 5.75 Å². The van der Waals surface area contributed by atoms with Crippen molar-refractivity contribution in [1.29, 1.82) is 0 Å². The Balaban J connectivity index is 2.23. The number of hydrogen-bond acceptors (Lipinski definition) is 5. The van der Waals surface area contributed by atoms with E-state index in [0.29, 0.717) is 18.0 Å². The van der Waals surface area contributed by atoms with E-state index < -0.39 is 10.0 Å². The lowest BCUT2D eigenvalue weighted by atomic mass is 10.2. The van der Waals surface area contributed by atoms with Crippen LogP contribution in [0.3, 0.4) is 0 Å². The van der Waals surface area contributed by atoms with Crippen LogP contribution in [0.1, 0.15) is 18.9 Å². The van der Waals surface area contributed by atoms with E-state index in [0.717, 1.165) is 29.2 Å². The van der Waals surface area contributed by atoms with Gasteiger partial charge in [-0.25, -0.2) is 13.1 Å². The molecule has 1 aromatic carbocycles. The Labute approximate surface area is 130 Å². The first-order valence-electron chi connectivity index (χ1n) is 7.07. The van der Waals surface area contributed by atoms with Gasteiger partial charge < -0.3 is 10.1 Å². The van der Waals surface area contributed by atoms with Crippen molar-refractivity contribution < 1.29 is 13.2 Å². The maximum absolute atomic E-state index is 12.4. The Morgan fingerprint density at radius 1 is 1.43 bits per heavy atom. The monoisotopic (exact) mass is 330 g/mol. The fourth-order valence-corrected chi connectivity index (χ4v) is 4.84. The van der Waals surface area contributed by atoms with Crippen molar-refractivity contribution in [3.05, 3.63) is 23.8 Å². The maximum atomic E-state index is 12.4. The highest BCUT2D eigenvalue weighted by atomic mass is 32.2. The number of hydrogen-bond donors (Lipinski definition) is 2. The Morgan fingerprint density at radius 3 is 2.86 bits per heavy atom. The number of benzene rings is 1. The number of thioether (sulfide) groups is 1. The van der Waals surface area contributed by atoms with Gasteiger partial charge in [0.25, 0.3) is 0 Å². The number of sulfonamides is 1. The topological polar surface area (TPSA) is 67.4 Å². The predicted octanol–water partition coefficient (Wildman–Crippen LogP) is 1.59. The average molecular weight is 330 g/mol. The molecule has 2 rings (SSSR count). The SMILES string of the molecule is CCOc1ccc(S(=O)(=O)NC2CCSC2)cc1CNC. The summed E-state index contributed by atoms with van der Waals surface area (Å²) in [5.74, 6) is 2.59. The van der Waals surface area contributed by atoms with Crippen molar-refractivity contribution in [3.8, 4) is 5.75 Å². The van der Waals surface area contributed by atoms with E-state index in [-0.39, 0.29) is 6.04 Å². The molecule has 1 atom stereocenters. The molecule has 0 radical (unpaired) electrons. The fraction of sp³-hybridized carbons (Fsp3) is 0.571. The molecule has 1 fully saturated rings. The molecule has 0 amide bonds. The van der Waals surface area contributed by atoms with Crippen molar-refractivity contribution >= 4 is 21.8 Å². The summed E-state index contributed by atoms with van der Waals surface area (Å²) in [7, 11) is -1.64. The quantitative estimate of drug-likeness (QED) is 0.795. The van der Waals surface area contributed by atoms with Gasteiger partial charge in [-0.2, -0.15) is 11.8 Å². The van der Waals surface area contributed by atoms with E-state index in [2.05, 4.69) is 10.0 Å². The van der Waals surface area contributed by atoms with Gasteiger partial charge in [0, 0.05) is 23.9 Å². The third-order valence-electron chi connectivity index (χ3n) is 3.26. The number of rotatable bonds is 7. The highest BCUT2D eigenvalue weighted by Crippen LogP contribution is 2.24. The van der Waals surface area contributed by atoms with E-state index in [4.69, 9.17) is 4.74 Å². The summed E-state index contributed by atoms with van der Waals surface area (Å²) in [5.41, 5.74) is 0.850. The minimum atomic E-state index is -3.46. The third kappa shape index (κ3) is 4.35. The van der Waals surface area contributed by atoms with Gasteiger partial charge in [-0.15, -0.1) is 0 Å². The molecule has 1 aliphatic rings. The molecule has 0 spiro atoms. The highest BCUT2D eigenvalue weighted by molar-refractivity contribution is 7.99. The van der Waals surface area contributed by atoms with Crippen molar-refractivity contribution in [2.45, 2.75) is 30.8 Å². The predicted molar refractivity (Wildman–Crippen MR) is 86.4 cm³/mol. The van der Waals surface area contributed by atoms with Gasteiger partial charge in [-0.1, -0.05) is 0 Å². The van der Waals surface area contributed by atoms with Crippen molar-refractivity contribution in [2.75, 3.05) is 25.2 Å². The van der Waals surface area contributed by atoms with Crippen LogP contribution in [0, 0.1) is 0 Å². The summed E-state index contributed by atoms with van der Waals surface area (Å²) in [5, 5.41) is 3.04. The van der Waals surface area contributed by atoms with Crippen molar-refractivity contribution in [3.63, 3.8) is 0 Å². The molecule has 2 N–H and O–H groups in total. The zero-order valence-electron chi connectivity index (χ0n) is 12.4. The average Bonchev–Trinajstić information content (AvgIpc) is 2.93. The number of ether oxygens (including phenoxy) is 1. The lowest BCUT2D eigenvalue weighted by molar-refractivity contribution is 0.335. The van der Waals surface area contributed by atoms with Gasteiger partial charge in [0.1, 0.15) is 5.75 Å². The third-order valence-corrected chi connectivity index (χ3v) is 5.94. The van der Waals surface area contributed by atoms with E-state index in [1.807, 2.05) is 14.0 Å². The second kappa shape index (κ2) is 7.49. The largest absolute Gasteiger partial charge is 0.494 e. The molecule has 0 aliphatic carbocycles. The van der Waals surface area contributed by atoms with E-state index in [9.17, 15) is 8.42 Å². The summed E-state index contributed by atoms with van der Waals surface area (Å²) in [6.07, 6.45) is 0.893. The first-order chi connectivity index (χ1) is 10.1. The van der Waals surface area contributed by atoms with Crippen LogP contribution in [0.4, 0.5) is 0 Å². The van der Waals surface area contributed by atoms with Crippen LogP contribution >= 0.6 is 11.8 Å². The molecule has 1 saturated heterocycles. The summed E-state index contributed by atoms with van der Waals surface area (Å²) >= 11 is 1.78. The zero-order valence-corrected chi connectivity index (χ0v) is 14.0. The molecular weight excluding hydrogens is 308 g/mol. The fourth-order valence-electron chi connectivity index (χ4n) is 2.26. The summed E-state index contributed by atoms with van der Waals surface area (Å²) < 4.78 is 33.2. The second-order valence-electron chi connectivity index (χ2n) is 4.91. The highest BCUT2D eigenvalue weighted by Gasteiger charge is 2.23. The van der Waals surface area contributed by atoms with E-state index in [1.165, 1.54) is 0 Å². The van der Waals surface area contributed by atoms with Gasteiger partial charge in [0.2, 0.25) is 10.0 Å². The maximum Gasteiger partial charge on any atom is 0.240 e. The molecule has 0 saturated carbocycles. The Morgan fingerprint density at radius 2 is 2.24 bits per heavy atom. The standard InChI is InChI=1S/C14H22N2O3S2/c1-3-19-14-5-4-13(8-11(14)9-15-2)21(17,18)16-12-6-7-20-10-12/h4-5,8,12,15-16H,3,6-7,9-10H2,1-2H3. The molecule has 1 unspecified atom stereocenters. The van der Waals surface area contributed by atoms with Gasteiger partial charge in [-0.3, -0.25) is 0 Å². The zero-order chi connectivity index (χ0) is 15.3. The van der Waals surface area contributed by atoms with Gasteiger partial charge in [0.05, 0.1) is 11.5 Å². The normalized spacial score (nSPS) is 18.9. The van der Waals surface area contributed by atoms with Gasteiger partial charge >= 0.3 is 0 Å². The molecular formula is C14H22N2O3S2. The molecule has 1 heterocycles. The van der Waals surface area contributed by atoms with Gasteiger partial charge in [-0.05, 0) is 44.3 Å². The molecule has 1 aromatic rings. The van der Waals surface area contributed by atoms with Crippen LogP contribution in [-0.4, -0.2) is 39.6 Å². The van der Waals surface area contributed by atoms with Crippen LogP contribution in [0.2, 0.25) is 0 Å². The van der Waals surface area contributed by atoms with Crippen LogP contribution < -0.4 is 14.8 Å². The molecule has 7 heteroatoms. The van der Waals surface area contributed by atoms with E-state index in [1.54, 1.807) is 30.0 Å². The first-order valence-corrected chi connectivity index (χ1v) is 9.71. The van der Waals surface area contributed by atoms with Crippen molar-refractivity contribution in [1.82, 2.24) is 10.0 Å². The molecule has 1 aliphatic heterocycles. The lowest BCUT2D eigenvalue weighted by Crippen LogP contribution is -2.34. The van der Waals surface area contributed by atoms with Crippen molar-refractivity contribution in [2.24, 2.45) is 0 Å². The molecule has 0 bridgehead atoms. The smallest absolute Gasteiger partial charge is 0.240 e. The second-order valence-corrected chi connectivity index (χ2v) is 7.78. The Bertz CT molecular complexity index is 570. The molecule has 21 heavy (non-hydrogen) atoms. The minimum absolute atomic E-state index is 0.0410.